The second-order valence-electron chi connectivity index (χ2n) is 5.34. The highest BCUT2D eigenvalue weighted by molar-refractivity contribution is 4.63. The van der Waals surface area contributed by atoms with Gasteiger partial charge in [0.1, 0.15) is 0 Å². The molecule has 0 amide bonds. The highest BCUT2D eigenvalue weighted by Crippen LogP contribution is 2.16. The maximum atomic E-state index is 11.3. The molecule has 0 saturated carbocycles. The van der Waals surface area contributed by atoms with Crippen LogP contribution in [-0.4, -0.2) is 5.60 Å². The average Bonchev–Trinajstić information content (AvgIpc) is 2.14. The molecule has 0 aliphatic rings. The van der Waals surface area contributed by atoms with Gasteiger partial charge in [0, 0.05) is 0 Å². The van der Waals surface area contributed by atoms with Crippen molar-refractivity contribution in [1.82, 2.24) is 0 Å². The zero-order valence-corrected chi connectivity index (χ0v) is 11.0. The van der Waals surface area contributed by atoms with Gasteiger partial charge in [-0.15, -0.1) is 0 Å². The molecule has 0 atom stereocenters. The lowest BCUT2D eigenvalue weighted by atomic mass is 9.99. The van der Waals surface area contributed by atoms with Gasteiger partial charge in [-0.1, -0.05) is 64.7 Å². The van der Waals surface area contributed by atoms with Crippen LogP contribution in [0.4, 0.5) is 0 Å². The predicted octanol–water partition coefficient (Wildman–Crippen LogP) is 5.12. The van der Waals surface area contributed by atoms with Crippen LogP contribution in [0.2, 0.25) is 0 Å². The number of hydrogen-bond donors (Lipinski definition) is 0. The quantitative estimate of drug-likeness (QED) is 0.449. The SMILES string of the molecule is CCCCCCCCCCCC(C)(C)[O]. The van der Waals surface area contributed by atoms with Crippen molar-refractivity contribution in [1.29, 1.82) is 0 Å². The van der Waals surface area contributed by atoms with Crippen molar-refractivity contribution in [3.63, 3.8) is 0 Å². The highest BCUT2D eigenvalue weighted by Gasteiger charge is 2.13. The molecule has 0 heterocycles. The maximum absolute atomic E-state index is 11.3. The van der Waals surface area contributed by atoms with Crippen LogP contribution in [0.1, 0.15) is 85.0 Å². The first-order valence-corrected chi connectivity index (χ1v) is 6.76. The van der Waals surface area contributed by atoms with Crippen LogP contribution in [0, 0.1) is 0 Å². The molecule has 0 spiro atoms. The molecule has 1 nitrogen and oxygen atoms in total. The third-order valence-corrected chi connectivity index (χ3v) is 2.88. The largest absolute Gasteiger partial charge is 0.230 e. The Kier molecular flexibility index (Phi) is 9.18. The lowest BCUT2D eigenvalue weighted by Gasteiger charge is -2.13. The zero-order valence-electron chi connectivity index (χ0n) is 11.0. The van der Waals surface area contributed by atoms with E-state index in [1.165, 1.54) is 51.4 Å². The molecule has 0 aromatic carbocycles. The summed E-state index contributed by atoms with van der Waals surface area (Å²) in [4.78, 5) is 0. The Morgan fingerprint density at radius 2 is 1.13 bits per heavy atom. The maximum Gasteiger partial charge on any atom is 0.0980 e. The van der Waals surface area contributed by atoms with Gasteiger partial charge in [-0.05, 0) is 20.3 Å². The van der Waals surface area contributed by atoms with E-state index in [4.69, 9.17) is 0 Å². The topological polar surface area (TPSA) is 19.9 Å². The Balaban J connectivity index is 2.99. The molecule has 0 aromatic heterocycles. The van der Waals surface area contributed by atoms with Gasteiger partial charge in [0.15, 0.2) is 0 Å². The summed E-state index contributed by atoms with van der Waals surface area (Å²) < 4.78 is 0. The lowest BCUT2D eigenvalue weighted by molar-refractivity contribution is -0.00510. The highest BCUT2D eigenvalue weighted by atomic mass is 16.3. The summed E-state index contributed by atoms with van der Waals surface area (Å²) in [5.74, 6) is 0. The van der Waals surface area contributed by atoms with Crippen LogP contribution in [0.25, 0.3) is 0 Å². The molecule has 91 valence electrons. The van der Waals surface area contributed by atoms with Crippen molar-refractivity contribution >= 4 is 0 Å². The first-order valence-electron chi connectivity index (χ1n) is 6.76. The van der Waals surface area contributed by atoms with Crippen molar-refractivity contribution in [3.8, 4) is 0 Å². The zero-order chi connectivity index (χ0) is 11.6. The van der Waals surface area contributed by atoms with Gasteiger partial charge in [-0.3, -0.25) is 0 Å². The van der Waals surface area contributed by atoms with Gasteiger partial charge >= 0.3 is 0 Å². The molecule has 0 N–H and O–H groups in total. The number of hydrogen-bond acceptors (Lipinski definition) is 0. The van der Waals surface area contributed by atoms with E-state index in [0.717, 1.165) is 12.8 Å². The van der Waals surface area contributed by atoms with E-state index >= 15 is 0 Å². The van der Waals surface area contributed by atoms with Crippen LogP contribution in [-0.2, 0) is 5.11 Å². The minimum atomic E-state index is -0.707. The summed E-state index contributed by atoms with van der Waals surface area (Å²) in [6, 6.07) is 0. The molecule has 0 aliphatic carbocycles. The Morgan fingerprint density at radius 3 is 1.53 bits per heavy atom. The molecule has 0 fully saturated rings. The van der Waals surface area contributed by atoms with E-state index in [2.05, 4.69) is 6.92 Å². The van der Waals surface area contributed by atoms with Crippen molar-refractivity contribution in [2.24, 2.45) is 0 Å². The molecular formula is C14H29O. The number of unbranched alkanes of at least 4 members (excludes halogenated alkanes) is 8. The first kappa shape index (κ1) is 15.0. The molecule has 1 heteroatoms. The molecule has 0 aromatic rings. The van der Waals surface area contributed by atoms with E-state index in [0.29, 0.717) is 0 Å². The van der Waals surface area contributed by atoms with Crippen molar-refractivity contribution < 1.29 is 5.11 Å². The Hall–Kier alpha value is -0.0400. The number of rotatable bonds is 10. The summed E-state index contributed by atoms with van der Waals surface area (Å²) >= 11 is 0. The van der Waals surface area contributed by atoms with Crippen LogP contribution in [0.3, 0.4) is 0 Å². The van der Waals surface area contributed by atoms with Crippen LogP contribution >= 0.6 is 0 Å². The van der Waals surface area contributed by atoms with Gasteiger partial charge in [0.2, 0.25) is 0 Å². The predicted molar refractivity (Wildman–Crippen MR) is 66.6 cm³/mol. The second kappa shape index (κ2) is 9.21. The third-order valence-electron chi connectivity index (χ3n) is 2.88. The summed E-state index contributed by atoms with van der Waals surface area (Å²) in [5, 5.41) is 11.3. The van der Waals surface area contributed by atoms with Gasteiger partial charge in [-0.25, -0.2) is 5.11 Å². The first-order chi connectivity index (χ1) is 7.06. The minimum Gasteiger partial charge on any atom is -0.230 e. The normalized spacial score (nSPS) is 12.0. The molecule has 0 saturated heterocycles. The van der Waals surface area contributed by atoms with E-state index in [1.54, 1.807) is 13.8 Å². The molecule has 0 bridgehead atoms. The summed E-state index contributed by atoms with van der Waals surface area (Å²) in [6.45, 7) is 5.83. The van der Waals surface area contributed by atoms with Crippen LogP contribution < -0.4 is 0 Å². The summed E-state index contributed by atoms with van der Waals surface area (Å²) in [7, 11) is 0. The molecular weight excluding hydrogens is 184 g/mol. The van der Waals surface area contributed by atoms with Crippen molar-refractivity contribution in [2.75, 3.05) is 0 Å². The average molecular weight is 213 g/mol. The summed E-state index contributed by atoms with van der Waals surface area (Å²) in [5.41, 5.74) is -0.707. The second-order valence-corrected chi connectivity index (χ2v) is 5.34. The Bertz CT molecular complexity index is 124. The van der Waals surface area contributed by atoms with Gasteiger partial charge < -0.3 is 0 Å². The smallest absolute Gasteiger partial charge is 0.0980 e. The standard InChI is InChI=1S/C14H29O/c1-4-5-6-7-8-9-10-11-12-13-14(2,3)15/h4-13H2,1-3H3. The molecule has 15 heavy (non-hydrogen) atoms. The van der Waals surface area contributed by atoms with Crippen molar-refractivity contribution in [3.05, 3.63) is 0 Å². The summed E-state index contributed by atoms with van der Waals surface area (Å²) in [6.07, 6.45) is 12.8. The molecule has 0 aliphatic heterocycles. The fourth-order valence-corrected chi connectivity index (χ4v) is 1.86. The van der Waals surface area contributed by atoms with Gasteiger partial charge in [0.25, 0.3) is 0 Å². The van der Waals surface area contributed by atoms with E-state index in [-0.39, 0.29) is 0 Å². The van der Waals surface area contributed by atoms with E-state index in [1.807, 2.05) is 0 Å². The molecule has 0 unspecified atom stereocenters. The molecule has 0 rings (SSSR count). The Labute approximate surface area is 96.3 Å². The third kappa shape index (κ3) is 14.0. The lowest BCUT2D eigenvalue weighted by Crippen LogP contribution is -2.15. The van der Waals surface area contributed by atoms with Gasteiger partial charge in [0.05, 0.1) is 5.60 Å². The van der Waals surface area contributed by atoms with E-state index in [9.17, 15) is 5.11 Å². The van der Waals surface area contributed by atoms with Crippen molar-refractivity contribution in [2.45, 2.75) is 90.6 Å². The monoisotopic (exact) mass is 213 g/mol. The fourth-order valence-electron chi connectivity index (χ4n) is 1.86. The minimum absolute atomic E-state index is 0.707. The van der Waals surface area contributed by atoms with Gasteiger partial charge in [-0.2, -0.15) is 0 Å². The fraction of sp³-hybridized carbons (Fsp3) is 1.00. The molecule has 1 radical (unpaired) electrons. The van der Waals surface area contributed by atoms with Crippen LogP contribution in [0.15, 0.2) is 0 Å². The Morgan fingerprint density at radius 1 is 0.733 bits per heavy atom. The van der Waals surface area contributed by atoms with Crippen LogP contribution in [0.5, 0.6) is 0 Å². The van der Waals surface area contributed by atoms with E-state index < -0.39 is 5.60 Å².